The average Bonchev–Trinajstić information content (AvgIpc) is 2.94. The van der Waals surface area contributed by atoms with E-state index in [1.54, 1.807) is 11.8 Å². The molecule has 0 spiro atoms. The van der Waals surface area contributed by atoms with Crippen LogP contribution in [0.1, 0.15) is 45.5 Å². The molecule has 19 heavy (non-hydrogen) atoms. The standard InChI is InChI=1S/C12H20N4O2S/c1-12(2,3)19-7-9(17)14-11-16-15-10(18-11)8-5-4-6-13-8/h8,13H,4-7H2,1-3H3,(H,14,16,17). The summed E-state index contributed by atoms with van der Waals surface area (Å²) in [6, 6.07) is 0.310. The summed E-state index contributed by atoms with van der Waals surface area (Å²) in [6.07, 6.45) is 2.10. The van der Waals surface area contributed by atoms with Gasteiger partial charge in [-0.1, -0.05) is 25.9 Å². The second-order valence-electron chi connectivity index (χ2n) is 5.54. The van der Waals surface area contributed by atoms with Crippen molar-refractivity contribution in [3.63, 3.8) is 0 Å². The molecule has 2 heterocycles. The van der Waals surface area contributed by atoms with E-state index < -0.39 is 0 Å². The van der Waals surface area contributed by atoms with Crippen molar-refractivity contribution in [3.8, 4) is 0 Å². The van der Waals surface area contributed by atoms with E-state index in [4.69, 9.17) is 4.42 Å². The number of hydrogen-bond acceptors (Lipinski definition) is 6. The predicted molar refractivity (Wildman–Crippen MR) is 75.1 cm³/mol. The minimum absolute atomic E-state index is 0.0606. The molecule has 1 amide bonds. The maximum absolute atomic E-state index is 11.7. The SMILES string of the molecule is CC(C)(C)SCC(=O)Nc1nnc(C2CCCN2)o1. The first-order valence-corrected chi connectivity index (χ1v) is 7.43. The zero-order valence-corrected chi connectivity index (χ0v) is 12.3. The topological polar surface area (TPSA) is 80.0 Å². The molecule has 1 aromatic rings. The van der Waals surface area contributed by atoms with Crippen molar-refractivity contribution < 1.29 is 9.21 Å². The van der Waals surface area contributed by atoms with Gasteiger partial charge in [-0.15, -0.1) is 16.9 Å². The lowest BCUT2D eigenvalue weighted by Gasteiger charge is -2.16. The van der Waals surface area contributed by atoms with Gasteiger partial charge in [-0.25, -0.2) is 0 Å². The van der Waals surface area contributed by atoms with Crippen molar-refractivity contribution in [1.29, 1.82) is 0 Å². The second kappa shape index (κ2) is 5.92. The highest BCUT2D eigenvalue weighted by molar-refractivity contribution is 8.01. The zero-order chi connectivity index (χ0) is 13.9. The largest absolute Gasteiger partial charge is 0.406 e. The molecule has 1 saturated heterocycles. The Morgan fingerprint density at radius 1 is 1.53 bits per heavy atom. The summed E-state index contributed by atoms with van der Waals surface area (Å²) in [5.41, 5.74) is 0. The molecule has 0 saturated carbocycles. The van der Waals surface area contributed by atoms with Crippen LogP contribution in [0.2, 0.25) is 0 Å². The van der Waals surface area contributed by atoms with Crippen LogP contribution in [0, 0.1) is 0 Å². The van der Waals surface area contributed by atoms with Gasteiger partial charge in [-0.2, -0.15) is 0 Å². The lowest BCUT2D eigenvalue weighted by atomic mass is 10.2. The van der Waals surface area contributed by atoms with Gasteiger partial charge in [0.25, 0.3) is 0 Å². The van der Waals surface area contributed by atoms with Gasteiger partial charge in [-0.05, 0) is 19.4 Å². The van der Waals surface area contributed by atoms with Crippen molar-refractivity contribution in [3.05, 3.63) is 5.89 Å². The van der Waals surface area contributed by atoms with E-state index in [1.165, 1.54) is 0 Å². The van der Waals surface area contributed by atoms with Gasteiger partial charge in [0.2, 0.25) is 11.8 Å². The summed E-state index contributed by atoms with van der Waals surface area (Å²) in [5, 5.41) is 13.7. The number of carbonyl (C=O) groups is 1. The third-order valence-corrected chi connectivity index (χ3v) is 3.95. The van der Waals surface area contributed by atoms with Gasteiger partial charge in [-0.3, -0.25) is 10.1 Å². The lowest BCUT2D eigenvalue weighted by molar-refractivity contribution is -0.114. The van der Waals surface area contributed by atoms with Crippen LogP contribution in [0.15, 0.2) is 4.42 Å². The minimum atomic E-state index is -0.116. The van der Waals surface area contributed by atoms with E-state index in [9.17, 15) is 4.79 Å². The maximum Gasteiger partial charge on any atom is 0.322 e. The number of carbonyl (C=O) groups excluding carboxylic acids is 1. The van der Waals surface area contributed by atoms with E-state index in [-0.39, 0.29) is 22.7 Å². The third-order valence-electron chi connectivity index (χ3n) is 2.68. The summed E-state index contributed by atoms with van der Waals surface area (Å²) in [7, 11) is 0. The Hall–Kier alpha value is -1.08. The molecular weight excluding hydrogens is 264 g/mol. The molecule has 0 aliphatic carbocycles. The van der Waals surface area contributed by atoms with Crippen molar-refractivity contribution in [2.24, 2.45) is 0 Å². The Balaban J connectivity index is 1.84. The molecule has 0 aromatic carbocycles. The third kappa shape index (κ3) is 4.50. The second-order valence-corrected chi connectivity index (χ2v) is 7.35. The van der Waals surface area contributed by atoms with Gasteiger partial charge in [0.1, 0.15) is 0 Å². The molecule has 1 unspecified atom stereocenters. The monoisotopic (exact) mass is 284 g/mol. The number of hydrogen-bond donors (Lipinski definition) is 2. The molecule has 1 aliphatic heterocycles. The summed E-state index contributed by atoms with van der Waals surface area (Å²) < 4.78 is 5.50. The van der Waals surface area contributed by atoms with Crippen LogP contribution in [0.3, 0.4) is 0 Å². The van der Waals surface area contributed by atoms with Crippen molar-refractivity contribution in [2.75, 3.05) is 17.6 Å². The van der Waals surface area contributed by atoms with Gasteiger partial charge in [0.15, 0.2) is 0 Å². The first-order chi connectivity index (χ1) is 8.94. The molecule has 0 radical (unpaired) electrons. The number of rotatable bonds is 4. The maximum atomic E-state index is 11.7. The number of anilines is 1. The first kappa shape index (κ1) is 14.3. The van der Waals surface area contributed by atoms with E-state index in [0.29, 0.717) is 11.6 Å². The molecule has 1 aliphatic rings. The van der Waals surface area contributed by atoms with Crippen LogP contribution in [0.5, 0.6) is 0 Å². The highest BCUT2D eigenvalue weighted by Gasteiger charge is 2.22. The highest BCUT2D eigenvalue weighted by Crippen LogP contribution is 2.24. The van der Waals surface area contributed by atoms with Crippen LogP contribution < -0.4 is 10.6 Å². The number of amides is 1. The lowest BCUT2D eigenvalue weighted by Crippen LogP contribution is -2.19. The fourth-order valence-corrected chi connectivity index (χ4v) is 2.39. The summed E-state index contributed by atoms with van der Waals surface area (Å²) >= 11 is 1.58. The summed E-state index contributed by atoms with van der Waals surface area (Å²) in [4.78, 5) is 11.7. The molecule has 106 valence electrons. The molecule has 1 atom stereocenters. The van der Waals surface area contributed by atoms with E-state index in [0.717, 1.165) is 19.4 Å². The fourth-order valence-electron chi connectivity index (χ4n) is 1.76. The van der Waals surface area contributed by atoms with Gasteiger partial charge in [0.05, 0.1) is 11.8 Å². The molecule has 0 bridgehead atoms. The zero-order valence-electron chi connectivity index (χ0n) is 11.5. The molecule has 1 fully saturated rings. The van der Waals surface area contributed by atoms with Gasteiger partial charge in [0, 0.05) is 4.75 Å². The summed E-state index contributed by atoms with van der Waals surface area (Å²) in [5.74, 6) is 0.814. The van der Waals surface area contributed by atoms with Crippen LogP contribution >= 0.6 is 11.8 Å². The Morgan fingerprint density at radius 3 is 2.95 bits per heavy atom. The van der Waals surface area contributed by atoms with Gasteiger partial charge < -0.3 is 9.73 Å². The first-order valence-electron chi connectivity index (χ1n) is 6.45. The molecule has 6 nitrogen and oxygen atoms in total. The molecular formula is C12H20N4O2S. The van der Waals surface area contributed by atoms with Crippen molar-refractivity contribution >= 4 is 23.7 Å². The van der Waals surface area contributed by atoms with Crippen LogP contribution in [0.25, 0.3) is 0 Å². The summed E-state index contributed by atoms with van der Waals surface area (Å²) in [6.45, 7) is 7.18. The van der Waals surface area contributed by atoms with E-state index in [2.05, 4.69) is 41.6 Å². The molecule has 2 rings (SSSR count). The Morgan fingerprint density at radius 2 is 2.32 bits per heavy atom. The number of aromatic nitrogens is 2. The number of nitrogens with one attached hydrogen (secondary N) is 2. The van der Waals surface area contributed by atoms with Crippen LogP contribution in [-0.2, 0) is 4.79 Å². The Bertz CT molecular complexity index is 435. The van der Waals surface area contributed by atoms with E-state index >= 15 is 0 Å². The minimum Gasteiger partial charge on any atom is -0.406 e. The number of thioether (sulfide) groups is 1. The van der Waals surface area contributed by atoms with Crippen molar-refractivity contribution in [2.45, 2.75) is 44.4 Å². The van der Waals surface area contributed by atoms with Crippen LogP contribution in [-0.4, -0.2) is 33.1 Å². The fraction of sp³-hybridized carbons (Fsp3) is 0.750. The molecule has 1 aromatic heterocycles. The predicted octanol–water partition coefficient (Wildman–Crippen LogP) is 1.96. The van der Waals surface area contributed by atoms with Crippen molar-refractivity contribution in [1.82, 2.24) is 15.5 Å². The number of nitrogens with zero attached hydrogens (tertiary/aromatic N) is 2. The van der Waals surface area contributed by atoms with Gasteiger partial charge >= 0.3 is 6.01 Å². The quantitative estimate of drug-likeness (QED) is 0.880. The molecule has 7 heteroatoms. The van der Waals surface area contributed by atoms with E-state index in [1.807, 2.05) is 0 Å². The average molecular weight is 284 g/mol. The normalized spacial score (nSPS) is 19.6. The Labute approximate surface area is 117 Å². The smallest absolute Gasteiger partial charge is 0.322 e. The molecule has 2 N–H and O–H groups in total. The Kier molecular flexibility index (Phi) is 4.46. The highest BCUT2D eigenvalue weighted by atomic mass is 32.2. The van der Waals surface area contributed by atoms with Crippen LogP contribution in [0.4, 0.5) is 6.01 Å².